The van der Waals surface area contributed by atoms with Crippen LogP contribution >= 0.6 is 0 Å². The first kappa shape index (κ1) is 23.8. The zero-order valence-corrected chi connectivity index (χ0v) is 18.1. The van der Waals surface area contributed by atoms with Crippen LogP contribution in [0.1, 0.15) is 38.5 Å². The van der Waals surface area contributed by atoms with Crippen LogP contribution in [-0.4, -0.2) is 57.6 Å². The highest BCUT2D eigenvalue weighted by Crippen LogP contribution is 2.32. The Bertz CT molecular complexity index is 878. The van der Waals surface area contributed by atoms with Gasteiger partial charge in [-0.2, -0.15) is 0 Å². The van der Waals surface area contributed by atoms with E-state index >= 15 is 0 Å². The fourth-order valence-electron chi connectivity index (χ4n) is 4.21. The lowest BCUT2D eigenvalue weighted by Crippen LogP contribution is -2.42. The molecule has 0 spiro atoms. The number of aliphatic hydroxyl groups is 1. The van der Waals surface area contributed by atoms with Gasteiger partial charge in [0.15, 0.2) is 0 Å². The average Bonchev–Trinajstić information content (AvgIpc) is 3.18. The van der Waals surface area contributed by atoms with Crippen LogP contribution in [0.2, 0.25) is 0 Å². The second kappa shape index (κ2) is 10.2. The zero-order valence-electron chi connectivity index (χ0n) is 17.3. The standard InChI is InChI=1S/C20H30F2N4O4S/c21-18(22)11-24-31(29,30)17-7-6-14(10-16(17)26-9-8-15(27)12-26)25-20(28)19(23)13-4-2-1-3-5-13/h6-7,10,13,15,18-19,24,27H,1-5,8-9,11-12,23H2,(H,25,28)/t15-,19-/m0/s1. The smallest absolute Gasteiger partial charge is 0.251 e. The predicted octanol–water partition coefficient (Wildman–Crippen LogP) is 1.65. The molecule has 2 fully saturated rings. The van der Waals surface area contributed by atoms with E-state index in [1.807, 2.05) is 4.72 Å². The van der Waals surface area contributed by atoms with Gasteiger partial charge in [-0.3, -0.25) is 4.79 Å². The highest BCUT2D eigenvalue weighted by molar-refractivity contribution is 7.89. The molecule has 2 aliphatic rings. The Morgan fingerprint density at radius 1 is 1.23 bits per heavy atom. The minimum absolute atomic E-state index is 0.111. The van der Waals surface area contributed by atoms with E-state index in [1.54, 1.807) is 4.90 Å². The third kappa shape index (κ3) is 6.12. The van der Waals surface area contributed by atoms with Gasteiger partial charge in [0.25, 0.3) is 6.43 Å². The van der Waals surface area contributed by atoms with Crippen LogP contribution in [0.25, 0.3) is 0 Å². The number of halogens is 2. The number of sulfonamides is 1. The molecule has 11 heteroatoms. The van der Waals surface area contributed by atoms with Gasteiger partial charge in [0.05, 0.1) is 24.4 Å². The first-order chi connectivity index (χ1) is 14.7. The number of carbonyl (C=O) groups excluding carboxylic acids is 1. The number of nitrogens with one attached hydrogen (secondary N) is 2. The SMILES string of the molecule is N[C@H](C(=O)Nc1ccc(S(=O)(=O)NCC(F)F)c(N2CC[C@H](O)C2)c1)C1CCCCC1. The monoisotopic (exact) mass is 460 g/mol. The van der Waals surface area contributed by atoms with Crippen molar-refractivity contribution < 1.29 is 27.1 Å². The summed E-state index contributed by atoms with van der Waals surface area (Å²) >= 11 is 0. The molecule has 0 bridgehead atoms. The summed E-state index contributed by atoms with van der Waals surface area (Å²) in [6.45, 7) is -0.396. The lowest BCUT2D eigenvalue weighted by atomic mass is 9.84. The molecule has 0 unspecified atom stereocenters. The molecule has 1 saturated carbocycles. The fraction of sp³-hybridized carbons (Fsp3) is 0.650. The van der Waals surface area contributed by atoms with Gasteiger partial charge in [0.1, 0.15) is 4.90 Å². The highest BCUT2D eigenvalue weighted by Gasteiger charge is 2.29. The lowest BCUT2D eigenvalue weighted by molar-refractivity contribution is -0.118. The quantitative estimate of drug-likeness (QED) is 0.468. The molecule has 5 N–H and O–H groups in total. The first-order valence-electron chi connectivity index (χ1n) is 10.6. The Hall–Kier alpha value is -1.82. The molecule has 1 heterocycles. The van der Waals surface area contributed by atoms with Crippen LogP contribution < -0.4 is 20.7 Å². The van der Waals surface area contributed by atoms with E-state index < -0.39 is 35.1 Å². The van der Waals surface area contributed by atoms with Crippen molar-refractivity contribution in [2.45, 2.75) is 62.0 Å². The van der Waals surface area contributed by atoms with E-state index in [0.717, 1.165) is 32.1 Å². The largest absolute Gasteiger partial charge is 0.391 e. The van der Waals surface area contributed by atoms with E-state index in [1.165, 1.54) is 18.2 Å². The number of amides is 1. The lowest BCUT2D eigenvalue weighted by Gasteiger charge is -2.27. The van der Waals surface area contributed by atoms with Crippen molar-refractivity contribution in [2.75, 3.05) is 29.9 Å². The molecule has 1 aromatic rings. The van der Waals surface area contributed by atoms with Crippen molar-refractivity contribution in [3.63, 3.8) is 0 Å². The fourth-order valence-corrected chi connectivity index (χ4v) is 5.42. The van der Waals surface area contributed by atoms with Crippen LogP contribution in [0.15, 0.2) is 23.1 Å². The molecule has 8 nitrogen and oxygen atoms in total. The van der Waals surface area contributed by atoms with Gasteiger partial charge < -0.3 is 21.1 Å². The van der Waals surface area contributed by atoms with Gasteiger partial charge in [0.2, 0.25) is 15.9 Å². The molecule has 1 aliphatic carbocycles. The number of nitrogens with two attached hydrogens (primary N) is 1. The second-order valence-corrected chi connectivity index (χ2v) is 9.96. The van der Waals surface area contributed by atoms with Gasteiger partial charge in [-0.25, -0.2) is 21.9 Å². The number of benzene rings is 1. The van der Waals surface area contributed by atoms with Crippen molar-refractivity contribution in [1.82, 2.24) is 4.72 Å². The normalized spacial score (nSPS) is 21.5. The number of hydrogen-bond donors (Lipinski definition) is 4. The third-order valence-electron chi connectivity index (χ3n) is 5.91. The average molecular weight is 461 g/mol. The van der Waals surface area contributed by atoms with E-state index in [2.05, 4.69) is 5.32 Å². The van der Waals surface area contributed by atoms with Crippen LogP contribution in [0.3, 0.4) is 0 Å². The predicted molar refractivity (Wildman–Crippen MR) is 114 cm³/mol. The molecule has 1 amide bonds. The number of alkyl halides is 2. The zero-order chi connectivity index (χ0) is 22.6. The molecule has 174 valence electrons. The van der Waals surface area contributed by atoms with Crippen molar-refractivity contribution >= 4 is 27.3 Å². The highest BCUT2D eigenvalue weighted by atomic mass is 32.2. The molecule has 2 atom stereocenters. The minimum Gasteiger partial charge on any atom is -0.391 e. The summed E-state index contributed by atoms with van der Waals surface area (Å²) < 4.78 is 52.2. The summed E-state index contributed by atoms with van der Waals surface area (Å²) in [6, 6.07) is 3.52. The maximum atomic E-state index is 12.7. The Morgan fingerprint density at radius 3 is 2.55 bits per heavy atom. The molecule has 0 aromatic heterocycles. The summed E-state index contributed by atoms with van der Waals surface area (Å²) in [4.78, 5) is 14.1. The molecule has 1 saturated heterocycles. The van der Waals surface area contributed by atoms with Crippen molar-refractivity contribution in [3.05, 3.63) is 18.2 Å². The van der Waals surface area contributed by atoms with E-state index in [4.69, 9.17) is 5.73 Å². The number of rotatable bonds is 8. The van der Waals surface area contributed by atoms with E-state index in [0.29, 0.717) is 18.7 Å². The van der Waals surface area contributed by atoms with Gasteiger partial charge in [0, 0.05) is 18.8 Å². The summed E-state index contributed by atoms with van der Waals surface area (Å²) in [7, 11) is -4.21. The van der Waals surface area contributed by atoms with Crippen molar-refractivity contribution in [2.24, 2.45) is 11.7 Å². The third-order valence-corrected chi connectivity index (χ3v) is 7.38. The molecule has 1 aromatic carbocycles. The topological polar surface area (TPSA) is 125 Å². The van der Waals surface area contributed by atoms with Crippen molar-refractivity contribution in [1.29, 1.82) is 0 Å². The minimum atomic E-state index is -4.21. The summed E-state index contributed by atoms with van der Waals surface area (Å²) in [5.41, 5.74) is 6.75. The Morgan fingerprint density at radius 2 is 1.94 bits per heavy atom. The molecule has 0 radical (unpaired) electrons. The molecular formula is C20H30F2N4O4S. The van der Waals surface area contributed by atoms with Crippen LogP contribution in [0.5, 0.6) is 0 Å². The van der Waals surface area contributed by atoms with Gasteiger partial charge in [-0.1, -0.05) is 19.3 Å². The van der Waals surface area contributed by atoms with E-state index in [-0.39, 0.29) is 29.0 Å². The van der Waals surface area contributed by atoms with Crippen LogP contribution in [0.4, 0.5) is 20.2 Å². The maximum Gasteiger partial charge on any atom is 0.251 e. The Kier molecular flexibility index (Phi) is 7.84. The molecular weight excluding hydrogens is 430 g/mol. The maximum absolute atomic E-state index is 12.7. The number of nitrogens with zero attached hydrogens (tertiary/aromatic N) is 1. The molecule has 3 rings (SSSR count). The van der Waals surface area contributed by atoms with Crippen LogP contribution in [0, 0.1) is 5.92 Å². The number of β-amino-alcohol motifs (C(OH)–C–C–N with tert-alkyl or cyclic N) is 1. The van der Waals surface area contributed by atoms with E-state index in [9.17, 15) is 27.1 Å². The van der Waals surface area contributed by atoms with Gasteiger partial charge >= 0.3 is 0 Å². The Balaban J connectivity index is 1.83. The first-order valence-corrected chi connectivity index (χ1v) is 12.1. The summed E-state index contributed by atoms with van der Waals surface area (Å²) in [5.74, 6) is -0.231. The number of hydrogen-bond acceptors (Lipinski definition) is 6. The Labute approximate surface area is 181 Å². The van der Waals surface area contributed by atoms with Gasteiger partial charge in [-0.15, -0.1) is 0 Å². The van der Waals surface area contributed by atoms with Gasteiger partial charge in [-0.05, 0) is 43.4 Å². The van der Waals surface area contributed by atoms with Crippen molar-refractivity contribution in [3.8, 4) is 0 Å². The molecule has 1 aliphatic heterocycles. The summed E-state index contributed by atoms with van der Waals surface area (Å²) in [5, 5.41) is 12.6. The number of aliphatic hydroxyl groups excluding tert-OH is 1. The van der Waals surface area contributed by atoms with Crippen LogP contribution in [-0.2, 0) is 14.8 Å². The number of carbonyl (C=O) groups is 1. The second-order valence-electron chi connectivity index (χ2n) is 8.23. The molecule has 31 heavy (non-hydrogen) atoms. The number of anilines is 2. The summed E-state index contributed by atoms with van der Waals surface area (Å²) in [6.07, 6.45) is 2.04.